The minimum atomic E-state index is -0.587. The van der Waals surface area contributed by atoms with E-state index in [4.69, 9.17) is 11.6 Å². The van der Waals surface area contributed by atoms with Crippen LogP contribution in [0, 0.1) is 11.8 Å². The van der Waals surface area contributed by atoms with Gasteiger partial charge in [0.25, 0.3) is 5.91 Å². The number of carbonyl (C=O) groups excluding carboxylic acids is 2. The molecule has 25 heavy (non-hydrogen) atoms. The average Bonchev–Trinajstić information content (AvgIpc) is 2.55. The van der Waals surface area contributed by atoms with E-state index >= 15 is 0 Å². The van der Waals surface area contributed by atoms with Crippen molar-refractivity contribution in [1.82, 2.24) is 10.4 Å². The molecule has 1 aromatic rings. The van der Waals surface area contributed by atoms with Crippen LogP contribution in [0.2, 0.25) is 5.02 Å². The summed E-state index contributed by atoms with van der Waals surface area (Å²) in [6, 6.07) is 6.50. The maximum absolute atomic E-state index is 12.4. The molecule has 0 fully saturated rings. The number of nitrogens with one attached hydrogen (secondary N) is 1. The quantitative estimate of drug-likeness (QED) is 0.473. The first-order valence-electron chi connectivity index (χ1n) is 8.65. The maximum atomic E-state index is 12.4. The number of amides is 2. The molecule has 0 spiro atoms. The van der Waals surface area contributed by atoms with Crippen molar-refractivity contribution in [2.24, 2.45) is 0 Å². The van der Waals surface area contributed by atoms with Crippen LogP contribution in [0.15, 0.2) is 24.3 Å². The highest BCUT2D eigenvalue weighted by Crippen LogP contribution is 2.13. The SMILES string of the molecule is CCCCCCC#CC(=O)N(NC(=O)c1ccc(Cl)cc1)C(C)(C)C. The lowest BCUT2D eigenvalue weighted by Crippen LogP contribution is -2.55. The lowest BCUT2D eigenvalue weighted by molar-refractivity contribution is -0.132. The standard InChI is InChI=1S/C20H27ClN2O2/c1-5-6-7-8-9-10-11-18(24)23(20(2,3)4)22-19(25)16-12-14-17(21)15-13-16/h12-15H,5-9H2,1-4H3,(H,22,25). The zero-order valence-corrected chi connectivity index (χ0v) is 16.2. The number of nitrogens with zero attached hydrogens (tertiary/aromatic N) is 1. The summed E-state index contributed by atoms with van der Waals surface area (Å²) in [5.74, 6) is 4.76. The van der Waals surface area contributed by atoms with Crippen LogP contribution < -0.4 is 5.43 Å². The van der Waals surface area contributed by atoms with Gasteiger partial charge in [0.15, 0.2) is 0 Å². The van der Waals surface area contributed by atoms with Gasteiger partial charge >= 0.3 is 5.91 Å². The fourth-order valence-corrected chi connectivity index (χ4v) is 2.25. The molecule has 1 N–H and O–H groups in total. The van der Waals surface area contributed by atoms with Gasteiger partial charge in [-0.1, -0.05) is 43.7 Å². The second-order valence-corrected chi connectivity index (χ2v) is 7.31. The molecule has 1 rings (SSSR count). The number of halogens is 1. The van der Waals surface area contributed by atoms with Crippen LogP contribution in [0.4, 0.5) is 0 Å². The van der Waals surface area contributed by atoms with Crippen LogP contribution in [0.1, 0.15) is 70.2 Å². The molecule has 0 aromatic heterocycles. The molecule has 2 amide bonds. The fraction of sp³-hybridized carbons (Fsp3) is 0.500. The van der Waals surface area contributed by atoms with Crippen LogP contribution in [-0.2, 0) is 4.79 Å². The zero-order chi connectivity index (χ0) is 18.9. The predicted molar refractivity (Wildman–Crippen MR) is 102 cm³/mol. The second kappa shape index (κ2) is 10.1. The van der Waals surface area contributed by atoms with E-state index in [9.17, 15) is 9.59 Å². The monoisotopic (exact) mass is 362 g/mol. The normalized spacial score (nSPS) is 10.6. The van der Waals surface area contributed by atoms with Crippen molar-refractivity contribution >= 4 is 23.4 Å². The molecule has 0 radical (unpaired) electrons. The summed E-state index contributed by atoms with van der Waals surface area (Å²) in [5.41, 5.74) is 2.50. The molecule has 5 heteroatoms. The Morgan fingerprint density at radius 1 is 1.12 bits per heavy atom. The van der Waals surface area contributed by atoms with Gasteiger partial charge in [0.1, 0.15) is 0 Å². The van der Waals surface area contributed by atoms with E-state index in [2.05, 4.69) is 24.2 Å². The van der Waals surface area contributed by atoms with E-state index in [1.54, 1.807) is 24.3 Å². The Morgan fingerprint density at radius 3 is 2.32 bits per heavy atom. The van der Waals surface area contributed by atoms with Gasteiger partial charge in [0.2, 0.25) is 0 Å². The Hall–Kier alpha value is -1.99. The van der Waals surface area contributed by atoms with Crippen molar-refractivity contribution < 1.29 is 9.59 Å². The molecular formula is C20H27ClN2O2. The summed E-state index contributed by atoms with van der Waals surface area (Å²) >= 11 is 5.83. The Balaban J connectivity index is 2.74. The van der Waals surface area contributed by atoms with E-state index in [1.807, 2.05) is 20.8 Å². The van der Waals surface area contributed by atoms with Crippen LogP contribution in [0.25, 0.3) is 0 Å². The lowest BCUT2D eigenvalue weighted by Gasteiger charge is -2.33. The summed E-state index contributed by atoms with van der Waals surface area (Å²) in [4.78, 5) is 24.8. The van der Waals surface area contributed by atoms with Crippen molar-refractivity contribution in [3.63, 3.8) is 0 Å². The predicted octanol–water partition coefficient (Wildman–Crippen LogP) is 4.59. The molecular weight excluding hydrogens is 336 g/mol. The average molecular weight is 363 g/mol. The van der Waals surface area contributed by atoms with Crippen molar-refractivity contribution in [2.75, 3.05) is 0 Å². The van der Waals surface area contributed by atoms with Gasteiger partial charge in [-0.25, -0.2) is 5.01 Å². The van der Waals surface area contributed by atoms with Crippen LogP contribution in [0.5, 0.6) is 0 Å². The Bertz CT molecular complexity index is 636. The van der Waals surface area contributed by atoms with Gasteiger partial charge in [-0.2, -0.15) is 0 Å². The summed E-state index contributed by atoms with van der Waals surface area (Å²) in [6.07, 6.45) is 5.15. The summed E-state index contributed by atoms with van der Waals surface area (Å²) in [5, 5.41) is 1.83. The first kappa shape index (κ1) is 21.1. The summed E-state index contributed by atoms with van der Waals surface area (Å²) in [7, 11) is 0. The van der Waals surface area contributed by atoms with Crippen LogP contribution in [-0.4, -0.2) is 22.4 Å². The molecule has 0 saturated carbocycles. The highest BCUT2D eigenvalue weighted by molar-refractivity contribution is 6.30. The third-order valence-electron chi connectivity index (χ3n) is 3.54. The second-order valence-electron chi connectivity index (χ2n) is 6.87. The van der Waals surface area contributed by atoms with E-state index < -0.39 is 11.4 Å². The number of unbranched alkanes of at least 4 members (excludes halogenated alkanes) is 4. The molecule has 0 aliphatic rings. The smallest absolute Gasteiger partial charge is 0.267 e. The van der Waals surface area contributed by atoms with Crippen molar-refractivity contribution in [3.8, 4) is 11.8 Å². The third-order valence-corrected chi connectivity index (χ3v) is 3.80. The largest absolute Gasteiger partial charge is 0.317 e. The number of hydrogen-bond donors (Lipinski definition) is 1. The fourth-order valence-electron chi connectivity index (χ4n) is 2.12. The highest BCUT2D eigenvalue weighted by Gasteiger charge is 2.27. The van der Waals surface area contributed by atoms with Crippen molar-refractivity contribution in [2.45, 2.75) is 65.3 Å². The van der Waals surface area contributed by atoms with Gasteiger partial charge in [-0.05, 0) is 57.4 Å². The topological polar surface area (TPSA) is 49.4 Å². The molecule has 0 saturated heterocycles. The number of hydrazine groups is 1. The van der Waals surface area contributed by atoms with Crippen molar-refractivity contribution in [3.05, 3.63) is 34.9 Å². The Labute approximate surface area is 155 Å². The molecule has 0 atom stereocenters. The van der Waals surface area contributed by atoms with E-state index in [0.29, 0.717) is 17.0 Å². The molecule has 1 aromatic carbocycles. The van der Waals surface area contributed by atoms with E-state index in [0.717, 1.165) is 12.8 Å². The molecule has 0 bridgehead atoms. The first-order valence-corrected chi connectivity index (χ1v) is 9.03. The van der Waals surface area contributed by atoms with Gasteiger partial charge in [-0.15, -0.1) is 0 Å². The molecule has 136 valence electrons. The highest BCUT2D eigenvalue weighted by atomic mass is 35.5. The summed E-state index contributed by atoms with van der Waals surface area (Å²) in [6.45, 7) is 7.68. The molecule has 0 aliphatic heterocycles. The first-order chi connectivity index (χ1) is 11.8. The van der Waals surface area contributed by atoms with Crippen LogP contribution in [0.3, 0.4) is 0 Å². The lowest BCUT2D eigenvalue weighted by atomic mass is 10.1. The Kier molecular flexibility index (Phi) is 8.51. The van der Waals surface area contributed by atoms with Gasteiger partial charge < -0.3 is 0 Å². The van der Waals surface area contributed by atoms with Gasteiger partial charge in [0.05, 0.1) is 5.54 Å². The number of hydrogen-bond acceptors (Lipinski definition) is 2. The van der Waals surface area contributed by atoms with E-state index in [1.165, 1.54) is 17.9 Å². The molecule has 0 unspecified atom stereocenters. The third kappa shape index (κ3) is 7.62. The minimum Gasteiger partial charge on any atom is -0.267 e. The number of benzene rings is 1. The number of carbonyl (C=O) groups is 2. The minimum absolute atomic E-state index is 0.371. The van der Waals surface area contributed by atoms with Gasteiger partial charge in [-0.3, -0.25) is 15.0 Å². The summed E-state index contributed by atoms with van der Waals surface area (Å²) < 4.78 is 0. The van der Waals surface area contributed by atoms with E-state index in [-0.39, 0.29) is 5.91 Å². The van der Waals surface area contributed by atoms with Crippen LogP contribution >= 0.6 is 11.6 Å². The van der Waals surface area contributed by atoms with Gasteiger partial charge in [0, 0.05) is 17.0 Å². The number of rotatable bonds is 5. The molecule has 0 aliphatic carbocycles. The van der Waals surface area contributed by atoms with Crippen molar-refractivity contribution in [1.29, 1.82) is 0 Å². The Morgan fingerprint density at radius 2 is 1.76 bits per heavy atom. The molecule has 0 heterocycles. The maximum Gasteiger partial charge on any atom is 0.317 e. The molecule has 4 nitrogen and oxygen atoms in total. The zero-order valence-electron chi connectivity index (χ0n) is 15.5.